The molecule has 2 aromatic rings. The lowest BCUT2D eigenvalue weighted by molar-refractivity contribution is 0.305. The Bertz CT molecular complexity index is 600. The molecule has 2 rings (SSSR count). The van der Waals surface area contributed by atoms with Crippen LogP contribution in [0.4, 0.5) is 0 Å². The van der Waals surface area contributed by atoms with Gasteiger partial charge < -0.3 is 24.3 Å². The van der Waals surface area contributed by atoms with E-state index in [1.54, 1.807) is 19.2 Å². The first kappa shape index (κ1) is 15.2. The molecule has 0 radical (unpaired) electrons. The highest BCUT2D eigenvalue weighted by atomic mass is 16.5. The molecule has 0 heterocycles. The van der Waals surface area contributed by atoms with Crippen LogP contribution in [0, 0.1) is 0 Å². The first-order valence-electron chi connectivity index (χ1n) is 6.44. The normalized spacial score (nSPS) is 10.1. The minimum Gasteiger partial charge on any atom is -0.497 e. The van der Waals surface area contributed by atoms with Crippen molar-refractivity contribution in [3.05, 3.63) is 48.0 Å². The van der Waals surface area contributed by atoms with E-state index >= 15 is 0 Å². The van der Waals surface area contributed by atoms with Crippen molar-refractivity contribution in [2.24, 2.45) is 0 Å². The van der Waals surface area contributed by atoms with Crippen molar-refractivity contribution in [1.29, 1.82) is 0 Å². The molecule has 0 bridgehead atoms. The number of hydrogen-bond donors (Lipinski definition) is 2. The van der Waals surface area contributed by atoms with Gasteiger partial charge in [-0.15, -0.1) is 0 Å². The first-order valence-corrected chi connectivity index (χ1v) is 6.44. The van der Waals surface area contributed by atoms with Gasteiger partial charge in [0, 0.05) is 5.46 Å². The first-order chi connectivity index (χ1) is 10.1. The predicted octanol–water partition coefficient (Wildman–Crippen LogP) is 0.963. The molecule has 6 heteroatoms. The molecule has 0 aliphatic carbocycles. The number of benzene rings is 2. The average molecular weight is 288 g/mol. The summed E-state index contributed by atoms with van der Waals surface area (Å²) in [6.07, 6.45) is 0. The van der Waals surface area contributed by atoms with Crippen LogP contribution in [0.3, 0.4) is 0 Å². The van der Waals surface area contributed by atoms with Gasteiger partial charge in [0.15, 0.2) is 0 Å². The zero-order chi connectivity index (χ0) is 15.2. The summed E-state index contributed by atoms with van der Waals surface area (Å²) in [5, 5.41) is 18.8. The molecule has 0 saturated carbocycles. The fourth-order valence-corrected chi connectivity index (χ4v) is 1.91. The van der Waals surface area contributed by atoms with Crippen LogP contribution in [0.1, 0.15) is 5.56 Å². The zero-order valence-corrected chi connectivity index (χ0v) is 11.9. The molecule has 0 amide bonds. The van der Waals surface area contributed by atoms with E-state index in [0.717, 1.165) is 11.3 Å². The van der Waals surface area contributed by atoms with Crippen molar-refractivity contribution in [2.45, 2.75) is 6.61 Å². The summed E-state index contributed by atoms with van der Waals surface area (Å²) in [7, 11) is 1.49. The molecule has 2 N–H and O–H groups in total. The van der Waals surface area contributed by atoms with Crippen LogP contribution in [0.2, 0.25) is 0 Å². The Labute approximate surface area is 123 Å². The molecular formula is C15H17BO5. The van der Waals surface area contributed by atoms with Gasteiger partial charge in [0.1, 0.15) is 23.9 Å². The maximum Gasteiger partial charge on any atom is 0.492 e. The SMILES string of the molecule is COc1cccc(COc2ccc(OC)cc2B(O)O)c1. The van der Waals surface area contributed by atoms with Gasteiger partial charge in [-0.3, -0.25) is 0 Å². The van der Waals surface area contributed by atoms with E-state index in [0.29, 0.717) is 18.1 Å². The molecule has 0 spiro atoms. The van der Waals surface area contributed by atoms with Gasteiger partial charge in [-0.05, 0) is 35.9 Å². The molecule has 0 saturated heterocycles. The number of hydrogen-bond acceptors (Lipinski definition) is 5. The van der Waals surface area contributed by atoms with Gasteiger partial charge in [0.05, 0.1) is 14.2 Å². The Kier molecular flexibility index (Phi) is 5.08. The molecule has 0 unspecified atom stereocenters. The minimum absolute atomic E-state index is 0.261. The standard InChI is InChI=1S/C15H17BO5/c1-19-12-5-3-4-11(8-12)10-21-15-7-6-13(20-2)9-14(15)16(17)18/h3-9,17-18H,10H2,1-2H3. The monoisotopic (exact) mass is 288 g/mol. The van der Waals surface area contributed by atoms with Gasteiger partial charge in [0.25, 0.3) is 0 Å². The maximum absolute atomic E-state index is 9.40. The lowest BCUT2D eigenvalue weighted by Crippen LogP contribution is -2.31. The van der Waals surface area contributed by atoms with Crippen LogP contribution >= 0.6 is 0 Å². The largest absolute Gasteiger partial charge is 0.497 e. The third kappa shape index (κ3) is 3.90. The molecule has 2 aromatic carbocycles. The van der Waals surface area contributed by atoms with Crippen LogP contribution in [-0.2, 0) is 6.61 Å². The highest BCUT2D eigenvalue weighted by Crippen LogP contribution is 2.18. The molecule has 0 aromatic heterocycles. The van der Waals surface area contributed by atoms with Gasteiger partial charge in [0.2, 0.25) is 0 Å². The lowest BCUT2D eigenvalue weighted by atomic mass is 9.79. The Balaban J connectivity index is 2.15. The molecular weight excluding hydrogens is 271 g/mol. The van der Waals surface area contributed by atoms with Crippen molar-refractivity contribution in [3.63, 3.8) is 0 Å². The van der Waals surface area contributed by atoms with E-state index in [9.17, 15) is 10.0 Å². The summed E-state index contributed by atoms with van der Waals surface area (Å²) in [5.41, 5.74) is 1.18. The van der Waals surface area contributed by atoms with E-state index in [4.69, 9.17) is 14.2 Å². The quantitative estimate of drug-likeness (QED) is 0.775. The third-order valence-corrected chi connectivity index (χ3v) is 3.02. The van der Waals surface area contributed by atoms with Crippen molar-refractivity contribution in [3.8, 4) is 17.2 Å². The second kappa shape index (κ2) is 7.01. The molecule has 0 aliphatic rings. The Morgan fingerprint density at radius 1 is 0.952 bits per heavy atom. The van der Waals surface area contributed by atoms with Crippen LogP contribution in [0.5, 0.6) is 17.2 Å². The fraction of sp³-hybridized carbons (Fsp3) is 0.200. The van der Waals surface area contributed by atoms with Gasteiger partial charge >= 0.3 is 7.12 Å². The van der Waals surface area contributed by atoms with Crippen LogP contribution in [0.15, 0.2) is 42.5 Å². The number of rotatable bonds is 6. The van der Waals surface area contributed by atoms with E-state index in [-0.39, 0.29) is 5.46 Å². The third-order valence-electron chi connectivity index (χ3n) is 3.02. The van der Waals surface area contributed by atoms with E-state index < -0.39 is 7.12 Å². The smallest absolute Gasteiger partial charge is 0.492 e. The van der Waals surface area contributed by atoms with Crippen LogP contribution < -0.4 is 19.7 Å². The van der Waals surface area contributed by atoms with Crippen LogP contribution in [0.25, 0.3) is 0 Å². The maximum atomic E-state index is 9.40. The average Bonchev–Trinajstić information content (AvgIpc) is 2.52. The Morgan fingerprint density at radius 3 is 2.33 bits per heavy atom. The highest BCUT2D eigenvalue weighted by Gasteiger charge is 2.18. The van der Waals surface area contributed by atoms with Gasteiger partial charge in [-0.25, -0.2) is 0 Å². The summed E-state index contributed by atoms with van der Waals surface area (Å²) in [5.74, 6) is 1.67. The second-order valence-corrected chi connectivity index (χ2v) is 4.42. The molecule has 0 atom stereocenters. The Morgan fingerprint density at radius 2 is 1.67 bits per heavy atom. The van der Waals surface area contributed by atoms with Crippen molar-refractivity contribution < 1.29 is 24.3 Å². The lowest BCUT2D eigenvalue weighted by Gasteiger charge is -2.13. The molecule has 0 fully saturated rings. The minimum atomic E-state index is -1.62. The molecule has 0 aliphatic heterocycles. The van der Waals surface area contributed by atoms with Crippen molar-refractivity contribution >= 4 is 12.6 Å². The fourth-order valence-electron chi connectivity index (χ4n) is 1.91. The molecule has 5 nitrogen and oxygen atoms in total. The topological polar surface area (TPSA) is 68.2 Å². The summed E-state index contributed by atoms with van der Waals surface area (Å²) in [4.78, 5) is 0. The Hall–Kier alpha value is -2.18. The summed E-state index contributed by atoms with van der Waals surface area (Å²) < 4.78 is 15.9. The summed E-state index contributed by atoms with van der Waals surface area (Å²) in [6.45, 7) is 0.295. The van der Waals surface area contributed by atoms with Crippen molar-refractivity contribution in [2.75, 3.05) is 14.2 Å². The van der Waals surface area contributed by atoms with E-state index in [1.165, 1.54) is 13.2 Å². The van der Waals surface area contributed by atoms with Gasteiger partial charge in [-0.1, -0.05) is 12.1 Å². The van der Waals surface area contributed by atoms with Crippen molar-refractivity contribution in [1.82, 2.24) is 0 Å². The molecule has 21 heavy (non-hydrogen) atoms. The summed E-state index contributed by atoms with van der Waals surface area (Å²) >= 11 is 0. The van der Waals surface area contributed by atoms with Gasteiger partial charge in [-0.2, -0.15) is 0 Å². The van der Waals surface area contributed by atoms with E-state index in [1.807, 2.05) is 24.3 Å². The predicted molar refractivity (Wildman–Crippen MR) is 80.1 cm³/mol. The second-order valence-electron chi connectivity index (χ2n) is 4.42. The summed E-state index contributed by atoms with van der Waals surface area (Å²) in [6, 6.07) is 12.4. The zero-order valence-electron chi connectivity index (χ0n) is 11.9. The number of methoxy groups -OCH3 is 2. The highest BCUT2D eigenvalue weighted by molar-refractivity contribution is 6.59. The number of ether oxygens (including phenoxy) is 3. The molecule has 110 valence electrons. The van der Waals surface area contributed by atoms with E-state index in [2.05, 4.69) is 0 Å². The van der Waals surface area contributed by atoms with Crippen LogP contribution in [-0.4, -0.2) is 31.4 Å².